The fourth-order valence-electron chi connectivity index (χ4n) is 0.878. The molecule has 1 rings (SSSR count). The second-order valence-corrected chi connectivity index (χ2v) is 3.53. The van der Waals surface area contributed by atoms with E-state index in [-0.39, 0.29) is 15.1 Å². The van der Waals surface area contributed by atoms with Crippen molar-refractivity contribution in [2.75, 3.05) is 0 Å². The molecule has 14 heavy (non-hydrogen) atoms. The standard InChI is InChI=1S/C7H3BrClNO4/c8-5-4(9)1-3(2-11)7(12)6(5)10(13)14/h1-2,12H. The van der Waals surface area contributed by atoms with Crippen LogP contribution < -0.4 is 0 Å². The van der Waals surface area contributed by atoms with Crippen molar-refractivity contribution in [3.05, 3.63) is 31.2 Å². The normalized spacial score (nSPS) is 9.86. The van der Waals surface area contributed by atoms with E-state index in [9.17, 15) is 20.0 Å². The first-order valence-electron chi connectivity index (χ1n) is 3.29. The van der Waals surface area contributed by atoms with Crippen molar-refractivity contribution in [2.45, 2.75) is 0 Å². The van der Waals surface area contributed by atoms with Crippen LogP contribution in [0.4, 0.5) is 5.69 Å². The number of nitro benzene ring substituents is 1. The highest BCUT2D eigenvalue weighted by Gasteiger charge is 2.24. The number of rotatable bonds is 2. The average Bonchev–Trinajstić information content (AvgIpc) is 2.11. The van der Waals surface area contributed by atoms with E-state index in [1.54, 1.807) is 0 Å². The molecule has 0 saturated carbocycles. The third kappa shape index (κ3) is 1.71. The quantitative estimate of drug-likeness (QED) is 0.513. The van der Waals surface area contributed by atoms with Crippen molar-refractivity contribution in [2.24, 2.45) is 0 Å². The molecular formula is C7H3BrClNO4. The minimum atomic E-state index is -0.821. The smallest absolute Gasteiger partial charge is 0.327 e. The van der Waals surface area contributed by atoms with Crippen LogP contribution in [0.1, 0.15) is 10.4 Å². The van der Waals surface area contributed by atoms with Gasteiger partial charge in [0.15, 0.2) is 6.29 Å². The van der Waals surface area contributed by atoms with Gasteiger partial charge in [0, 0.05) is 0 Å². The molecule has 0 saturated heterocycles. The first-order chi connectivity index (χ1) is 6.49. The van der Waals surface area contributed by atoms with E-state index in [0.29, 0.717) is 6.29 Å². The van der Waals surface area contributed by atoms with Gasteiger partial charge in [-0.2, -0.15) is 0 Å². The van der Waals surface area contributed by atoms with Crippen LogP contribution in [-0.2, 0) is 0 Å². The largest absolute Gasteiger partial charge is 0.502 e. The van der Waals surface area contributed by atoms with Crippen LogP contribution in [0.5, 0.6) is 5.75 Å². The molecule has 0 aliphatic heterocycles. The zero-order valence-corrected chi connectivity index (χ0v) is 8.87. The van der Waals surface area contributed by atoms with Crippen LogP contribution in [0.25, 0.3) is 0 Å². The summed E-state index contributed by atoms with van der Waals surface area (Å²) < 4.78 is -0.0488. The number of aromatic hydroxyl groups is 1. The third-order valence-corrected chi connectivity index (χ3v) is 2.84. The molecule has 0 aliphatic carbocycles. The number of hydrogen-bond donors (Lipinski definition) is 1. The molecule has 1 aromatic carbocycles. The number of phenols is 1. The number of benzene rings is 1. The lowest BCUT2D eigenvalue weighted by Gasteiger charge is -2.02. The summed E-state index contributed by atoms with van der Waals surface area (Å²) in [4.78, 5) is 20.1. The first kappa shape index (κ1) is 10.9. The molecular weight excluding hydrogens is 277 g/mol. The van der Waals surface area contributed by atoms with Gasteiger partial charge in [0.2, 0.25) is 5.75 Å². The molecule has 5 nitrogen and oxygen atoms in total. The Bertz CT molecular complexity index is 421. The molecule has 1 aromatic rings. The highest BCUT2D eigenvalue weighted by Crippen LogP contribution is 2.40. The van der Waals surface area contributed by atoms with E-state index < -0.39 is 16.4 Å². The lowest BCUT2D eigenvalue weighted by molar-refractivity contribution is -0.386. The molecule has 0 aromatic heterocycles. The van der Waals surface area contributed by atoms with E-state index in [1.807, 2.05) is 0 Å². The second kappa shape index (κ2) is 3.93. The summed E-state index contributed by atoms with van der Waals surface area (Å²) in [7, 11) is 0. The van der Waals surface area contributed by atoms with Gasteiger partial charge in [-0.05, 0) is 22.0 Å². The number of carbonyl (C=O) groups excluding carboxylic acids is 1. The maximum atomic E-state index is 10.5. The number of nitrogens with zero attached hydrogens (tertiary/aromatic N) is 1. The minimum absolute atomic E-state index is 0.00315. The average molecular weight is 280 g/mol. The molecule has 1 N–H and O–H groups in total. The maximum Gasteiger partial charge on any atom is 0.327 e. The molecule has 0 aliphatic rings. The van der Waals surface area contributed by atoms with E-state index in [4.69, 9.17) is 11.6 Å². The SMILES string of the molecule is O=Cc1cc(Cl)c(Br)c([N+](=O)[O-])c1O. The van der Waals surface area contributed by atoms with Crippen LogP contribution in [-0.4, -0.2) is 16.3 Å². The second-order valence-electron chi connectivity index (χ2n) is 2.33. The minimum Gasteiger partial charge on any atom is -0.502 e. The predicted molar refractivity (Wildman–Crippen MR) is 52.9 cm³/mol. The van der Waals surface area contributed by atoms with Gasteiger partial charge in [0.05, 0.1) is 15.5 Å². The Balaban J connectivity index is 3.61. The summed E-state index contributed by atoms with van der Waals surface area (Å²) in [5.41, 5.74) is -0.829. The zero-order valence-electron chi connectivity index (χ0n) is 6.53. The Labute approximate surface area is 91.6 Å². The number of hydrogen-bond acceptors (Lipinski definition) is 4. The van der Waals surface area contributed by atoms with Crippen LogP contribution in [0.15, 0.2) is 10.5 Å². The van der Waals surface area contributed by atoms with E-state index in [0.717, 1.165) is 6.07 Å². The van der Waals surface area contributed by atoms with Crippen molar-refractivity contribution in [1.82, 2.24) is 0 Å². The first-order valence-corrected chi connectivity index (χ1v) is 4.46. The fraction of sp³-hybridized carbons (Fsp3) is 0. The van der Waals surface area contributed by atoms with E-state index in [2.05, 4.69) is 15.9 Å². The summed E-state index contributed by atoms with van der Waals surface area (Å²) in [6.45, 7) is 0. The van der Waals surface area contributed by atoms with Crippen molar-refractivity contribution in [3.8, 4) is 5.75 Å². The fourth-order valence-corrected chi connectivity index (χ4v) is 1.53. The van der Waals surface area contributed by atoms with Crippen molar-refractivity contribution >= 4 is 39.5 Å². The summed E-state index contributed by atoms with van der Waals surface area (Å²) in [5.74, 6) is -0.693. The molecule has 0 bridgehead atoms. The molecule has 0 spiro atoms. The number of phenolic OH excluding ortho intramolecular Hbond substituents is 1. The summed E-state index contributed by atoms with van der Waals surface area (Å²) in [6, 6.07) is 1.14. The Morgan fingerprint density at radius 1 is 1.64 bits per heavy atom. The van der Waals surface area contributed by atoms with Gasteiger partial charge >= 0.3 is 5.69 Å². The molecule has 0 heterocycles. The van der Waals surface area contributed by atoms with Gasteiger partial charge < -0.3 is 5.11 Å². The third-order valence-electron chi connectivity index (χ3n) is 1.51. The number of nitro groups is 1. The Morgan fingerprint density at radius 3 is 2.64 bits per heavy atom. The van der Waals surface area contributed by atoms with Crippen molar-refractivity contribution in [3.63, 3.8) is 0 Å². The van der Waals surface area contributed by atoms with E-state index >= 15 is 0 Å². The van der Waals surface area contributed by atoms with Gasteiger partial charge in [-0.1, -0.05) is 11.6 Å². The Morgan fingerprint density at radius 2 is 2.21 bits per heavy atom. The van der Waals surface area contributed by atoms with Crippen LogP contribution in [0.2, 0.25) is 5.02 Å². The maximum absolute atomic E-state index is 10.5. The molecule has 7 heteroatoms. The van der Waals surface area contributed by atoms with Crippen molar-refractivity contribution in [1.29, 1.82) is 0 Å². The monoisotopic (exact) mass is 279 g/mol. The molecule has 0 amide bonds. The van der Waals surface area contributed by atoms with Gasteiger partial charge in [0.25, 0.3) is 0 Å². The van der Waals surface area contributed by atoms with Gasteiger partial charge in [-0.15, -0.1) is 0 Å². The summed E-state index contributed by atoms with van der Waals surface area (Å²) >= 11 is 8.44. The van der Waals surface area contributed by atoms with Crippen LogP contribution >= 0.6 is 27.5 Å². The highest BCUT2D eigenvalue weighted by atomic mass is 79.9. The molecule has 0 radical (unpaired) electrons. The van der Waals surface area contributed by atoms with Crippen LogP contribution in [0.3, 0.4) is 0 Å². The van der Waals surface area contributed by atoms with E-state index in [1.165, 1.54) is 0 Å². The molecule has 74 valence electrons. The van der Waals surface area contributed by atoms with Gasteiger partial charge in [-0.3, -0.25) is 14.9 Å². The van der Waals surface area contributed by atoms with Gasteiger partial charge in [-0.25, -0.2) is 0 Å². The molecule has 0 atom stereocenters. The lowest BCUT2D eigenvalue weighted by atomic mass is 10.2. The lowest BCUT2D eigenvalue weighted by Crippen LogP contribution is -1.94. The number of aldehydes is 1. The Hall–Kier alpha value is -1.14. The Kier molecular flexibility index (Phi) is 3.07. The zero-order chi connectivity index (χ0) is 10.9. The van der Waals surface area contributed by atoms with Crippen molar-refractivity contribution < 1.29 is 14.8 Å². The molecule has 0 unspecified atom stereocenters. The topological polar surface area (TPSA) is 80.4 Å². The highest BCUT2D eigenvalue weighted by molar-refractivity contribution is 9.10. The summed E-state index contributed by atoms with van der Waals surface area (Å²) in [6.07, 6.45) is 0.292. The number of halogens is 2. The van der Waals surface area contributed by atoms with Crippen LogP contribution in [0, 0.1) is 10.1 Å². The van der Waals surface area contributed by atoms with Gasteiger partial charge in [0.1, 0.15) is 4.47 Å². The number of carbonyl (C=O) groups is 1. The predicted octanol–water partition coefficient (Wildman–Crippen LogP) is 2.53. The summed E-state index contributed by atoms with van der Waals surface area (Å²) in [5, 5.41) is 19.8. The molecule has 0 fully saturated rings.